The zero-order valence-corrected chi connectivity index (χ0v) is 8.46. The van der Waals surface area contributed by atoms with Crippen molar-refractivity contribution in [2.45, 2.75) is 0 Å². The third kappa shape index (κ3) is 1.69. The van der Waals surface area contributed by atoms with Gasteiger partial charge in [-0.15, -0.1) is 0 Å². The summed E-state index contributed by atoms with van der Waals surface area (Å²) in [4.78, 5) is 9.63. The zero-order valence-electron chi connectivity index (χ0n) is 6.95. The molecular formula is C7H5Cl2NO4. The minimum absolute atomic E-state index is 0.0106. The molecule has 0 heterocycles. The molecular weight excluding hydrogens is 233 g/mol. The fourth-order valence-electron chi connectivity index (χ4n) is 0.905. The standard InChI is InChI=1S/C7H5Cl2NO4/c1-14-7-3(8)2-4(10(12)13)6(11)5(7)9/h2,11H,1H3. The Morgan fingerprint density at radius 1 is 1.57 bits per heavy atom. The fourth-order valence-corrected chi connectivity index (χ4v) is 1.50. The van der Waals surface area contributed by atoms with Gasteiger partial charge in [-0.3, -0.25) is 10.1 Å². The van der Waals surface area contributed by atoms with Crippen LogP contribution in [-0.2, 0) is 0 Å². The van der Waals surface area contributed by atoms with E-state index in [1.165, 1.54) is 7.11 Å². The molecule has 0 atom stereocenters. The van der Waals surface area contributed by atoms with Crippen LogP contribution in [0.15, 0.2) is 6.07 Å². The Hall–Kier alpha value is -1.20. The molecule has 1 aromatic rings. The number of benzene rings is 1. The zero-order chi connectivity index (χ0) is 10.9. The molecule has 0 aliphatic carbocycles. The summed E-state index contributed by atoms with van der Waals surface area (Å²) in [5, 5.41) is 19.4. The predicted octanol–water partition coefficient (Wildman–Crippen LogP) is 2.62. The number of rotatable bonds is 2. The molecule has 0 aliphatic heterocycles. The highest BCUT2D eigenvalue weighted by Gasteiger charge is 2.23. The number of hydrogen-bond donors (Lipinski definition) is 1. The van der Waals surface area contributed by atoms with Gasteiger partial charge in [-0.05, 0) is 0 Å². The van der Waals surface area contributed by atoms with Gasteiger partial charge in [-0.1, -0.05) is 23.2 Å². The maximum atomic E-state index is 10.4. The lowest BCUT2D eigenvalue weighted by atomic mass is 10.3. The van der Waals surface area contributed by atoms with Crippen LogP contribution in [0.3, 0.4) is 0 Å². The lowest BCUT2D eigenvalue weighted by molar-refractivity contribution is -0.385. The van der Waals surface area contributed by atoms with Crippen molar-refractivity contribution in [1.82, 2.24) is 0 Å². The summed E-state index contributed by atoms with van der Waals surface area (Å²) in [6.07, 6.45) is 0. The second-order valence-corrected chi connectivity index (χ2v) is 3.12. The lowest BCUT2D eigenvalue weighted by Crippen LogP contribution is -1.92. The fraction of sp³-hybridized carbons (Fsp3) is 0.143. The molecule has 76 valence electrons. The van der Waals surface area contributed by atoms with Gasteiger partial charge in [0.05, 0.1) is 17.1 Å². The topological polar surface area (TPSA) is 72.6 Å². The van der Waals surface area contributed by atoms with E-state index >= 15 is 0 Å². The first kappa shape index (κ1) is 10.9. The van der Waals surface area contributed by atoms with Crippen molar-refractivity contribution >= 4 is 28.9 Å². The molecule has 0 bridgehead atoms. The van der Waals surface area contributed by atoms with Crippen molar-refractivity contribution in [2.75, 3.05) is 7.11 Å². The Labute approximate surface area is 89.0 Å². The predicted molar refractivity (Wildman–Crippen MR) is 51.3 cm³/mol. The van der Waals surface area contributed by atoms with Gasteiger partial charge >= 0.3 is 5.69 Å². The molecule has 0 unspecified atom stereocenters. The Balaban J connectivity index is 3.47. The maximum absolute atomic E-state index is 10.4. The van der Waals surface area contributed by atoms with Gasteiger partial charge in [-0.2, -0.15) is 0 Å². The average Bonchev–Trinajstić information content (AvgIpc) is 2.12. The van der Waals surface area contributed by atoms with Crippen molar-refractivity contribution in [2.24, 2.45) is 0 Å². The van der Waals surface area contributed by atoms with Crippen LogP contribution in [0.4, 0.5) is 5.69 Å². The number of halogens is 2. The van der Waals surface area contributed by atoms with Gasteiger partial charge in [0, 0.05) is 6.07 Å². The molecule has 14 heavy (non-hydrogen) atoms. The quantitative estimate of drug-likeness (QED) is 0.634. The maximum Gasteiger partial charge on any atom is 0.314 e. The van der Waals surface area contributed by atoms with Crippen LogP contribution < -0.4 is 4.74 Å². The number of nitrogens with zero attached hydrogens (tertiary/aromatic N) is 1. The second-order valence-electron chi connectivity index (χ2n) is 2.33. The molecule has 0 radical (unpaired) electrons. The summed E-state index contributed by atoms with van der Waals surface area (Å²) in [5.41, 5.74) is -0.555. The summed E-state index contributed by atoms with van der Waals surface area (Å²) in [5.74, 6) is -0.644. The van der Waals surface area contributed by atoms with Crippen molar-refractivity contribution in [3.05, 3.63) is 26.2 Å². The number of phenols is 1. The van der Waals surface area contributed by atoms with E-state index in [9.17, 15) is 15.2 Å². The molecule has 0 aliphatic rings. The van der Waals surface area contributed by atoms with E-state index in [0.717, 1.165) is 6.07 Å². The van der Waals surface area contributed by atoms with Gasteiger partial charge < -0.3 is 9.84 Å². The first-order chi connectivity index (χ1) is 6.49. The molecule has 5 nitrogen and oxygen atoms in total. The highest BCUT2D eigenvalue weighted by Crippen LogP contribution is 2.44. The average molecular weight is 238 g/mol. The van der Waals surface area contributed by atoms with Gasteiger partial charge in [0.25, 0.3) is 0 Å². The van der Waals surface area contributed by atoms with E-state index in [1.807, 2.05) is 0 Å². The van der Waals surface area contributed by atoms with Gasteiger partial charge in [-0.25, -0.2) is 0 Å². The molecule has 1 aromatic carbocycles. The molecule has 0 spiro atoms. The van der Waals surface area contributed by atoms with Crippen LogP contribution in [0.1, 0.15) is 0 Å². The van der Waals surface area contributed by atoms with E-state index < -0.39 is 16.4 Å². The smallest absolute Gasteiger partial charge is 0.314 e. The van der Waals surface area contributed by atoms with Crippen molar-refractivity contribution in [1.29, 1.82) is 0 Å². The Morgan fingerprint density at radius 2 is 2.14 bits per heavy atom. The van der Waals surface area contributed by atoms with Crippen LogP contribution in [0.5, 0.6) is 11.5 Å². The summed E-state index contributed by atoms with van der Waals surface area (Å²) >= 11 is 11.2. The Kier molecular flexibility index (Phi) is 3.03. The van der Waals surface area contributed by atoms with Crippen molar-refractivity contribution in [3.63, 3.8) is 0 Å². The first-order valence-electron chi connectivity index (χ1n) is 3.38. The van der Waals surface area contributed by atoms with Gasteiger partial charge in [0.2, 0.25) is 5.75 Å². The number of nitro groups is 1. The third-order valence-electron chi connectivity index (χ3n) is 1.53. The van der Waals surface area contributed by atoms with E-state index in [1.54, 1.807) is 0 Å². The summed E-state index contributed by atoms with van der Waals surface area (Å²) < 4.78 is 4.74. The Bertz CT molecular complexity index is 394. The molecule has 0 saturated carbocycles. The number of ether oxygens (including phenoxy) is 1. The number of methoxy groups -OCH3 is 1. The largest absolute Gasteiger partial charge is 0.501 e. The third-order valence-corrected chi connectivity index (χ3v) is 2.16. The van der Waals surface area contributed by atoms with Crippen molar-refractivity contribution in [3.8, 4) is 11.5 Å². The molecule has 1 rings (SSSR count). The van der Waals surface area contributed by atoms with Crippen LogP contribution >= 0.6 is 23.2 Å². The van der Waals surface area contributed by atoms with Crippen LogP contribution in [-0.4, -0.2) is 17.1 Å². The van der Waals surface area contributed by atoms with Gasteiger partial charge in [0.15, 0.2) is 5.75 Å². The van der Waals surface area contributed by atoms with E-state index in [-0.39, 0.29) is 15.8 Å². The van der Waals surface area contributed by atoms with E-state index in [4.69, 9.17) is 27.9 Å². The molecule has 0 amide bonds. The van der Waals surface area contributed by atoms with Crippen LogP contribution in [0.25, 0.3) is 0 Å². The molecule has 0 fully saturated rings. The SMILES string of the molecule is COc1c(Cl)cc([N+](=O)[O-])c(O)c1Cl. The van der Waals surface area contributed by atoms with Gasteiger partial charge in [0.1, 0.15) is 5.02 Å². The Morgan fingerprint density at radius 3 is 2.57 bits per heavy atom. The monoisotopic (exact) mass is 237 g/mol. The number of nitro benzene ring substituents is 1. The molecule has 1 N–H and O–H groups in total. The van der Waals surface area contributed by atoms with E-state index in [0.29, 0.717) is 0 Å². The number of aromatic hydroxyl groups is 1. The highest BCUT2D eigenvalue weighted by molar-refractivity contribution is 6.38. The minimum atomic E-state index is -0.785. The highest BCUT2D eigenvalue weighted by atomic mass is 35.5. The van der Waals surface area contributed by atoms with Crippen molar-refractivity contribution < 1.29 is 14.8 Å². The first-order valence-corrected chi connectivity index (χ1v) is 4.14. The second kappa shape index (κ2) is 3.89. The molecule has 7 heteroatoms. The normalized spacial score (nSPS) is 9.93. The summed E-state index contributed by atoms with van der Waals surface area (Å²) in [7, 11) is 1.29. The summed E-state index contributed by atoms with van der Waals surface area (Å²) in [6.45, 7) is 0. The minimum Gasteiger partial charge on any atom is -0.501 e. The molecule has 0 aromatic heterocycles. The number of phenolic OH excluding ortho intramolecular Hbond substituents is 1. The molecule has 0 saturated heterocycles. The van der Waals surface area contributed by atoms with Crippen LogP contribution in [0, 0.1) is 10.1 Å². The van der Waals surface area contributed by atoms with Crippen LogP contribution in [0.2, 0.25) is 10.0 Å². The lowest BCUT2D eigenvalue weighted by Gasteiger charge is -2.06. The summed E-state index contributed by atoms with van der Waals surface area (Å²) in [6, 6.07) is 0.974. The number of hydrogen-bond acceptors (Lipinski definition) is 4. The van der Waals surface area contributed by atoms with E-state index in [2.05, 4.69) is 0 Å².